The van der Waals surface area contributed by atoms with Gasteiger partial charge in [-0.2, -0.15) is 5.10 Å². The molecule has 1 saturated heterocycles. The van der Waals surface area contributed by atoms with Gasteiger partial charge in [-0.05, 0) is 82.5 Å². The number of carbonyl (C=O) groups excluding carboxylic acids is 2. The molecule has 50 heavy (non-hydrogen) atoms. The molecule has 7 fully saturated rings. The van der Waals surface area contributed by atoms with E-state index < -0.39 is 0 Å². The number of aromatic nitrogens is 8. The molecule has 5 heterocycles. The van der Waals surface area contributed by atoms with Gasteiger partial charge in [0.05, 0.1) is 30.2 Å². The lowest BCUT2D eigenvalue weighted by atomic mass is 9.37. The van der Waals surface area contributed by atoms with E-state index in [4.69, 9.17) is 10.2 Å². The zero-order valence-electron chi connectivity index (χ0n) is 28.4. The molecule has 2 atom stereocenters. The molecule has 4 aromatic rings. The number of amides is 2. The normalized spacial score (nSPS) is 28.1. The van der Waals surface area contributed by atoms with Crippen LogP contribution >= 0.6 is 0 Å². The number of hydrogen-bond donors (Lipinski definition) is 2. The Morgan fingerprint density at radius 1 is 1.02 bits per heavy atom. The van der Waals surface area contributed by atoms with Gasteiger partial charge in [-0.15, -0.1) is 15.0 Å². The summed E-state index contributed by atoms with van der Waals surface area (Å²) in [6.07, 6.45) is 15.0. The minimum Gasteiger partial charge on any atom is -0.504 e. The fourth-order valence-electron chi connectivity index (χ4n) is 9.67. The van der Waals surface area contributed by atoms with Crippen molar-refractivity contribution in [2.24, 2.45) is 11.3 Å². The maximum atomic E-state index is 14.6. The number of aryl methyl sites for hydroxylation is 1. The second-order valence-corrected chi connectivity index (χ2v) is 15.7. The maximum absolute atomic E-state index is 14.6. The predicted molar refractivity (Wildman–Crippen MR) is 180 cm³/mol. The van der Waals surface area contributed by atoms with E-state index in [0.29, 0.717) is 53.7 Å². The number of carbonyl (C=O) groups is 2. The van der Waals surface area contributed by atoms with Gasteiger partial charge in [-0.1, -0.05) is 6.92 Å². The van der Waals surface area contributed by atoms with E-state index >= 15 is 0 Å². The van der Waals surface area contributed by atoms with Gasteiger partial charge in [0.15, 0.2) is 22.6 Å². The SMILES string of the molecule is CCc1c(N2CCN(C(=O)c3ncnc(C)c3O)[C@H]3CC[C@@H]32)c(=O)c2nn(-c3cnn(C4CC4)c3)nc2n1CC(=O)NC12CC(C3CC3)(C1)C2. The lowest BCUT2D eigenvalue weighted by Gasteiger charge is -2.71. The van der Waals surface area contributed by atoms with Crippen LogP contribution in [0.1, 0.15) is 92.6 Å². The highest BCUT2D eigenvalue weighted by Crippen LogP contribution is 2.75. The summed E-state index contributed by atoms with van der Waals surface area (Å²) in [6, 6.07) is 0.117. The van der Waals surface area contributed by atoms with Crippen molar-refractivity contribution in [1.29, 1.82) is 0 Å². The van der Waals surface area contributed by atoms with Crippen LogP contribution in [0.15, 0.2) is 23.5 Å². The van der Waals surface area contributed by atoms with Gasteiger partial charge in [0, 0.05) is 30.4 Å². The molecular weight excluding hydrogens is 638 g/mol. The highest BCUT2D eigenvalue weighted by molar-refractivity contribution is 5.95. The maximum Gasteiger partial charge on any atom is 0.276 e. The number of piperazine rings is 1. The summed E-state index contributed by atoms with van der Waals surface area (Å²) in [5, 5.41) is 28.0. The highest BCUT2D eigenvalue weighted by Gasteiger charge is 2.72. The Balaban J connectivity index is 1.01. The quantitative estimate of drug-likeness (QED) is 0.268. The van der Waals surface area contributed by atoms with Gasteiger partial charge in [0.25, 0.3) is 5.91 Å². The molecule has 0 unspecified atom stereocenters. The Bertz CT molecular complexity index is 2140. The third kappa shape index (κ3) is 4.33. The van der Waals surface area contributed by atoms with Crippen molar-refractivity contribution in [1.82, 2.24) is 49.5 Å². The van der Waals surface area contributed by atoms with Crippen LogP contribution in [0.4, 0.5) is 5.69 Å². The fourth-order valence-corrected chi connectivity index (χ4v) is 9.67. The molecule has 6 aliphatic carbocycles. The molecule has 4 aromatic heterocycles. The summed E-state index contributed by atoms with van der Waals surface area (Å²) in [6.45, 7) is 4.43. The van der Waals surface area contributed by atoms with E-state index in [-0.39, 0.29) is 58.4 Å². The Labute approximate surface area is 287 Å². The molecule has 2 amide bonds. The number of pyridine rings is 1. The van der Waals surface area contributed by atoms with Crippen molar-refractivity contribution in [3.8, 4) is 11.4 Å². The average molecular weight is 680 g/mol. The molecule has 2 bridgehead atoms. The molecule has 7 aliphatic rings. The molecule has 260 valence electrons. The standard InChI is InChI=1S/C35H41N11O4/c1-3-23-29(42-10-11-43(25-9-8-24(25)42)33(50)28-30(48)19(2)36-18-37-28)31(49)27-32(41-46(40-27)22-12-38-45(13-22)21-6-7-21)44(23)14-26(47)39-35-15-34(16-35,17-35)20-4-5-20/h12-13,18,20-21,24-25,48H,3-11,14-17H2,1-2H3,(H,39,47)/t24-,25-,34?,35?/m0/s1. The highest BCUT2D eigenvalue weighted by atomic mass is 16.3. The summed E-state index contributed by atoms with van der Waals surface area (Å²) in [4.78, 5) is 55.6. The Hall–Kier alpha value is -4.82. The molecule has 0 spiro atoms. The van der Waals surface area contributed by atoms with Crippen LogP contribution in [-0.4, -0.2) is 91.8 Å². The number of anilines is 1. The van der Waals surface area contributed by atoms with Crippen molar-refractivity contribution >= 4 is 28.7 Å². The Morgan fingerprint density at radius 2 is 1.80 bits per heavy atom. The molecule has 1 aliphatic heterocycles. The average Bonchev–Trinajstić information content (AvgIpc) is 3.98. The molecule has 11 rings (SSSR count). The number of nitrogens with zero attached hydrogens (tertiary/aromatic N) is 10. The predicted octanol–water partition coefficient (Wildman–Crippen LogP) is 2.42. The first-order chi connectivity index (χ1) is 24.2. The summed E-state index contributed by atoms with van der Waals surface area (Å²) in [7, 11) is 0. The molecular formula is C35H41N11O4. The van der Waals surface area contributed by atoms with E-state index in [1.54, 1.807) is 18.0 Å². The van der Waals surface area contributed by atoms with E-state index in [1.807, 2.05) is 22.4 Å². The van der Waals surface area contributed by atoms with Crippen LogP contribution in [-0.2, 0) is 17.8 Å². The summed E-state index contributed by atoms with van der Waals surface area (Å²) in [5.74, 6) is 0.223. The van der Waals surface area contributed by atoms with Crippen molar-refractivity contribution in [2.75, 3.05) is 18.0 Å². The molecule has 15 nitrogen and oxygen atoms in total. The number of rotatable bonds is 9. The largest absolute Gasteiger partial charge is 0.504 e. The lowest BCUT2D eigenvalue weighted by molar-refractivity contribution is -0.176. The van der Waals surface area contributed by atoms with E-state index in [2.05, 4.69) is 25.3 Å². The minimum atomic E-state index is -0.339. The summed E-state index contributed by atoms with van der Waals surface area (Å²) >= 11 is 0. The molecule has 15 heteroatoms. The zero-order valence-corrected chi connectivity index (χ0v) is 28.4. The summed E-state index contributed by atoms with van der Waals surface area (Å²) in [5.41, 5.74) is 2.99. The number of nitrogens with one attached hydrogen (secondary N) is 1. The minimum absolute atomic E-state index is 0.00553. The van der Waals surface area contributed by atoms with Crippen LogP contribution in [0.2, 0.25) is 0 Å². The van der Waals surface area contributed by atoms with Crippen molar-refractivity contribution in [3.05, 3.63) is 46.0 Å². The molecule has 2 N–H and O–H groups in total. The first-order valence-electron chi connectivity index (χ1n) is 18.1. The number of aromatic hydroxyl groups is 1. The van der Waals surface area contributed by atoms with Gasteiger partial charge < -0.3 is 24.8 Å². The van der Waals surface area contributed by atoms with Crippen LogP contribution < -0.4 is 15.6 Å². The second-order valence-electron chi connectivity index (χ2n) is 15.7. The van der Waals surface area contributed by atoms with E-state index in [1.165, 1.54) is 24.0 Å². The van der Waals surface area contributed by atoms with Crippen LogP contribution in [0.3, 0.4) is 0 Å². The third-order valence-corrected chi connectivity index (χ3v) is 12.5. The molecule has 0 radical (unpaired) electrons. The Kier molecular flexibility index (Phi) is 6.22. The number of hydrogen-bond acceptors (Lipinski definition) is 10. The van der Waals surface area contributed by atoms with Gasteiger partial charge in [0.1, 0.15) is 24.2 Å². The van der Waals surface area contributed by atoms with Crippen LogP contribution in [0.5, 0.6) is 5.75 Å². The van der Waals surface area contributed by atoms with Gasteiger partial charge in [-0.3, -0.25) is 19.1 Å². The molecule has 0 aromatic carbocycles. The van der Waals surface area contributed by atoms with Gasteiger partial charge in [-0.25, -0.2) is 9.97 Å². The fraction of sp³-hybridized carbons (Fsp3) is 0.600. The lowest BCUT2D eigenvalue weighted by Crippen LogP contribution is -2.75. The van der Waals surface area contributed by atoms with Gasteiger partial charge in [0.2, 0.25) is 11.3 Å². The second kappa shape index (κ2) is 10.4. The van der Waals surface area contributed by atoms with Crippen molar-refractivity contribution < 1.29 is 14.7 Å². The first-order valence-corrected chi connectivity index (χ1v) is 18.1. The Morgan fingerprint density at radius 3 is 2.50 bits per heavy atom. The van der Waals surface area contributed by atoms with Crippen LogP contribution in [0.25, 0.3) is 16.9 Å². The third-order valence-electron chi connectivity index (χ3n) is 12.5. The van der Waals surface area contributed by atoms with Crippen LogP contribution in [0, 0.1) is 18.3 Å². The summed E-state index contributed by atoms with van der Waals surface area (Å²) < 4.78 is 3.81. The zero-order chi connectivity index (χ0) is 34.1. The van der Waals surface area contributed by atoms with E-state index in [0.717, 1.165) is 56.6 Å². The topological polar surface area (TPSA) is 169 Å². The van der Waals surface area contributed by atoms with E-state index in [9.17, 15) is 19.5 Å². The van der Waals surface area contributed by atoms with Crippen molar-refractivity contribution in [3.63, 3.8) is 0 Å². The number of fused-ring (bicyclic) bond motifs is 2. The smallest absolute Gasteiger partial charge is 0.276 e. The first kappa shape index (κ1) is 30.0. The van der Waals surface area contributed by atoms with Gasteiger partial charge >= 0.3 is 0 Å². The van der Waals surface area contributed by atoms with Crippen molar-refractivity contribution in [2.45, 2.75) is 108 Å². The monoisotopic (exact) mass is 679 g/mol. The molecule has 6 saturated carbocycles.